The summed E-state index contributed by atoms with van der Waals surface area (Å²) in [6, 6.07) is 4.89. The van der Waals surface area contributed by atoms with Gasteiger partial charge >= 0.3 is 5.97 Å². The summed E-state index contributed by atoms with van der Waals surface area (Å²) in [5.41, 5.74) is 1.59. The molecule has 0 radical (unpaired) electrons. The van der Waals surface area contributed by atoms with Gasteiger partial charge in [0.15, 0.2) is 0 Å². The third kappa shape index (κ3) is 1.84. The van der Waals surface area contributed by atoms with Crippen molar-refractivity contribution in [3.05, 3.63) is 29.3 Å². The van der Waals surface area contributed by atoms with Crippen LogP contribution in [0.3, 0.4) is 0 Å². The second-order valence-electron chi connectivity index (χ2n) is 3.34. The van der Waals surface area contributed by atoms with E-state index in [0.29, 0.717) is 24.4 Å². The normalized spacial score (nSPS) is 13.4. The molecule has 0 spiro atoms. The Balaban J connectivity index is 2.34. The highest BCUT2D eigenvalue weighted by molar-refractivity contribution is 6.03. The van der Waals surface area contributed by atoms with E-state index in [2.05, 4.69) is 10.6 Å². The van der Waals surface area contributed by atoms with Crippen molar-refractivity contribution in [1.82, 2.24) is 5.32 Å². The SMILES string of the molecule is CCOC(=O)c1ccc2c(c1)C(=O)NCN2. The zero-order valence-electron chi connectivity index (χ0n) is 8.87. The first-order chi connectivity index (χ1) is 7.72. The number of nitrogens with one attached hydrogen (secondary N) is 2. The summed E-state index contributed by atoms with van der Waals surface area (Å²) in [4.78, 5) is 23.0. The van der Waals surface area contributed by atoms with Crippen molar-refractivity contribution < 1.29 is 14.3 Å². The van der Waals surface area contributed by atoms with Crippen LogP contribution in [0.2, 0.25) is 0 Å². The van der Waals surface area contributed by atoms with Gasteiger partial charge in [0.25, 0.3) is 5.91 Å². The first-order valence-corrected chi connectivity index (χ1v) is 5.05. The number of esters is 1. The van der Waals surface area contributed by atoms with E-state index in [1.165, 1.54) is 6.07 Å². The van der Waals surface area contributed by atoms with Crippen molar-refractivity contribution in [2.45, 2.75) is 6.92 Å². The Labute approximate surface area is 92.8 Å². The number of anilines is 1. The van der Waals surface area contributed by atoms with Gasteiger partial charge in [-0.2, -0.15) is 0 Å². The van der Waals surface area contributed by atoms with Crippen LogP contribution in [0.1, 0.15) is 27.6 Å². The molecule has 5 heteroatoms. The first kappa shape index (κ1) is 10.5. The van der Waals surface area contributed by atoms with E-state index in [1.54, 1.807) is 19.1 Å². The van der Waals surface area contributed by atoms with Gasteiger partial charge in [0.1, 0.15) is 0 Å². The van der Waals surface area contributed by atoms with Crippen LogP contribution in [0.25, 0.3) is 0 Å². The largest absolute Gasteiger partial charge is 0.462 e. The highest BCUT2D eigenvalue weighted by Gasteiger charge is 2.18. The van der Waals surface area contributed by atoms with Gasteiger partial charge in [-0.1, -0.05) is 0 Å². The van der Waals surface area contributed by atoms with E-state index in [9.17, 15) is 9.59 Å². The molecule has 0 fully saturated rings. The lowest BCUT2D eigenvalue weighted by Crippen LogP contribution is -2.34. The van der Waals surface area contributed by atoms with E-state index >= 15 is 0 Å². The van der Waals surface area contributed by atoms with Crippen LogP contribution in [-0.4, -0.2) is 25.2 Å². The fraction of sp³-hybridized carbons (Fsp3) is 0.273. The van der Waals surface area contributed by atoms with Crippen LogP contribution >= 0.6 is 0 Å². The lowest BCUT2D eigenvalue weighted by atomic mass is 10.1. The Kier molecular flexibility index (Phi) is 2.76. The molecule has 16 heavy (non-hydrogen) atoms. The van der Waals surface area contributed by atoms with E-state index < -0.39 is 5.97 Å². The topological polar surface area (TPSA) is 67.4 Å². The fourth-order valence-corrected chi connectivity index (χ4v) is 1.54. The molecule has 0 saturated heterocycles. The average Bonchev–Trinajstić information content (AvgIpc) is 2.29. The Morgan fingerprint density at radius 2 is 2.25 bits per heavy atom. The summed E-state index contributed by atoms with van der Waals surface area (Å²) in [7, 11) is 0. The molecule has 2 rings (SSSR count). The molecule has 84 valence electrons. The van der Waals surface area contributed by atoms with Gasteiger partial charge in [-0.3, -0.25) is 4.79 Å². The van der Waals surface area contributed by atoms with Crippen LogP contribution < -0.4 is 10.6 Å². The van der Waals surface area contributed by atoms with Crippen LogP contribution in [0, 0.1) is 0 Å². The molecule has 1 aromatic rings. The molecule has 1 heterocycles. The van der Waals surface area contributed by atoms with Crippen LogP contribution in [0.5, 0.6) is 0 Å². The van der Waals surface area contributed by atoms with E-state index in [-0.39, 0.29) is 5.91 Å². The number of hydrogen-bond donors (Lipinski definition) is 2. The average molecular weight is 220 g/mol. The maximum atomic E-state index is 11.5. The number of fused-ring (bicyclic) bond motifs is 1. The van der Waals surface area contributed by atoms with Gasteiger partial charge in [-0.25, -0.2) is 4.79 Å². The molecule has 1 amide bonds. The van der Waals surface area contributed by atoms with E-state index in [4.69, 9.17) is 4.74 Å². The van der Waals surface area contributed by atoms with E-state index in [0.717, 1.165) is 5.69 Å². The van der Waals surface area contributed by atoms with Gasteiger partial charge in [-0.15, -0.1) is 0 Å². The van der Waals surface area contributed by atoms with Crippen molar-refractivity contribution in [2.75, 3.05) is 18.6 Å². The summed E-state index contributed by atoms with van der Waals surface area (Å²) < 4.78 is 4.86. The molecule has 0 bridgehead atoms. The number of benzene rings is 1. The number of ether oxygens (including phenoxy) is 1. The van der Waals surface area contributed by atoms with Gasteiger partial charge < -0.3 is 15.4 Å². The molecule has 0 aromatic heterocycles. The highest BCUT2D eigenvalue weighted by Crippen LogP contribution is 2.20. The van der Waals surface area contributed by atoms with Gasteiger partial charge in [0, 0.05) is 5.69 Å². The zero-order chi connectivity index (χ0) is 11.5. The summed E-state index contributed by atoms with van der Waals surface area (Å²) in [6.07, 6.45) is 0. The van der Waals surface area contributed by atoms with Crippen LogP contribution in [0.15, 0.2) is 18.2 Å². The van der Waals surface area contributed by atoms with Crippen molar-refractivity contribution in [2.24, 2.45) is 0 Å². The molecule has 0 aliphatic carbocycles. The molecule has 0 unspecified atom stereocenters. The fourth-order valence-electron chi connectivity index (χ4n) is 1.54. The van der Waals surface area contributed by atoms with Crippen LogP contribution in [-0.2, 0) is 4.74 Å². The number of rotatable bonds is 2. The highest BCUT2D eigenvalue weighted by atomic mass is 16.5. The summed E-state index contributed by atoms with van der Waals surface area (Å²) in [5.74, 6) is -0.594. The second-order valence-corrected chi connectivity index (χ2v) is 3.34. The Hall–Kier alpha value is -2.04. The summed E-state index contributed by atoms with van der Waals surface area (Å²) in [5, 5.41) is 5.64. The second kappa shape index (κ2) is 4.22. The minimum Gasteiger partial charge on any atom is -0.462 e. The minimum absolute atomic E-state index is 0.181. The lowest BCUT2D eigenvalue weighted by Gasteiger charge is -2.18. The minimum atomic E-state index is -0.413. The van der Waals surface area contributed by atoms with E-state index in [1.807, 2.05) is 0 Å². The Bertz CT molecular complexity index is 443. The summed E-state index contributed by atoms with van der Waals surface area (Å²) >= 11 is 0. The molecule has 1 aliphatic heterocycles. The van der Waals surface area contributed by atoms with Crippen LogP contribution in [0.4, 0.5) is 5.69 Å². The molecule has 2 N–H and O–H groups in total. The lowest BCUT2D eigenvalue weighted by molar-refractivity contribution is 0.0526. The molecule has 0 saturated carbocycles. The standard InChI is InChI=1S/C11H12N2O3/c1-2-16-11(15)7-3-4-9-8(5-7)10(14)13-6-12-9/h3-5,12H,2,6H2,1H3,(H,13,14). The molecule has 1 aromatic carbocycles. The van der Waals surface area contributed by atoms with Crippen molar-refractivity contribution in [1.29, 1.82) is 0 Å². The predicted octanol–water partition coefficient (Wildman–Crippen LogP) is 0.976. The van der Waals surface area contributed by atoms with Crippen molar-refractivity contribution in [3.63, 3.8) is 0 Å². The van der Waals surface area contributed by atoms with Crippen molar-refractivity contribution >= 4 is 17.6 Å². The number of carbonyl (C=O) groups is 2. The number of carbonyl (C=O) groups excluding carboxylic acids is 2. The number of amides is 1. The third-order valence-electron chi connectivity index (χ3n) is 2.30. The van der Waals surface area contributed by atoms with Crippen molar-refractivity contribution in [3.8, 4) is 0 Å². The zero-order valence-corrected chi connectivity index (χ0v) is 8.87. The first-order valence-electron chi connectivity index (χ1n) is 5.05. The smallest absolute Gasteiger partial charge is 0.338 e. The molecule has 1 aliphatic rings. The van der Waals surface area contributed by atoms with Gasteiger partial charge in [0.2, 0.25) is 0 Å². The maximum Gasteiger partial charge on any atom is 0.338 e. The van der Waals surface area contributed by atoms with Gasteiger partial charge in [0.05, 0.1) is 24.4 Å². The molecule has 0 atom stereocenters. The Morgan fingerprint density at radius 1 is 1.44 bits per heavy atom. The molecule has 5 nitrogen and oxygen atoms in total. The summed E-state index contributed by atoms with van der Waals surface area (Å²) in [6.45, 7) is 2.47. The van der Waals surface area contributed by atoms with Gasteiger partial charge in [-0.05, 0) is 25.1 Å². The maximum absolute atomic E-state index is 11.5. The predicted molar refractivity (Wildman–Crippen MR) is 58.4 cm³/mol. The molecular weight excluding hydrogens is 208 g/mol. The number of hydrogen-bond acceptors (Lipinski definition) is 4. The Morgan fingerprint density at radius 3 is 3.00 bits per heavy atom. The monoisotopic (exact) mass is 220 g/mol. The quantitative estimate of drug-likeness (QED) is 0.729. The molecular formula is C11H12N2O3. The third-order valence-corrected chi connectivity index (χ3v) is 2.30.